The fourth-order valence-electron chi connectivity index (χ4n) is 3.12. The fourth-order valence-corrected chi connectivity index (χ4v) is 3.12. The SMILES string of the molecule is NC(N)=Nc1ccc(OC2CCCCCCCCC2)c(N=C(N)N)c1. The van der Waals surface area contributed by atoms with E-state index in [9.17, 15) is 0 Å². The number of benzene rings is 1. The average Bonchev–Trinajstić information content (AvgIpc) is 2.55. The molecule has 0 saturated heterocycles. The molecule has 7 nitrogen and oxygen atoms in total. The minimum Gasteiger partial charge on any atom is -0.488 e. The van der Waals surface area contributed by atoms with Crippen molar-refractivity contribution in [2.75, 3.05) is 0 Å². The van der Waals surface area contributed by atoms with Crippen LogP contribution in [0.1, 0.15) is 57.8 Å². The maximum absolute atomic E-state index is 6.25. The third-order valence-corrected chi connectivity index (χ3v) is 4.30. The lowest BCUT2D eigenvalue weighted by atomic mass is 9.99. The molecule has 0 radical (unpaired) electrons. The van der Waals surface area contributed by atoms with E-state index >= 15 is 0 Å². The molecule has 1 aromatic carbocycles. The first-order chi connectivity index (χ1) is 12.0. The van der Waals surface area contributed by atoms with Crippen molar-refractivity contribution in [1.29, 1.82) is 0 Å². The van der Waals surface area contributed by atoms with Gasteiger partial charge < -0.3 is 27.7 Å². The van der Waals surface area contributed by atoms with Gasteiger partial charge >= 0.3 is 0 Å². The molecule has 0 amide bonds. The van der Waals surface area contributed by atoms with Crippen LogP contribution in [0.3, 0.4) is 0 Å². The number of nitrogens with zero attached hydrogens (tertiary/aromatic N) is 2. The molecule has 0 unspecified atom stereocenters. The van der Waals surface area contributed by atoms with Gasteiger partial charge in [0.2, 0.25) is 0 Å². The van der Waals surface area contributed by atoms with Crippen LogP contribution in [0.25, 0.3) is 0 Å². The second kappa shape index (κ2) is 9.76. The van der Waals surface area contributed by atoms with E-state index in [1.165, 1.54) is 44.9 Å². The molecule has 0 spiro atoms. The Labute approximate surface area is 149 Å². The van der Waals surface area contributed by atoms with E-state index in [0.29, 0.717) is 17.1 Å². The van der Waals surface area contributed by atoms with Crippen molar-refractivity contribution >= 4 is 23.3 Å². The van der Waals surface area contributed by atoms with Crippen molar-refractivity contribution in [2.45, 2.75) is 63.9 Å². The fraction of sp³-hybridized carbons (Fsp3) is 0.556. The minimum atomic E-state index is -0.0300. The predicted octanol–water partition coefficient (Wildman–Crippen LogP) is 2.77. The van der Waals surface area contributed by atoms with Crippen LogP contribution >= 0.6 is 0 Å². The molecule has 1 aromatic rings. The van der Waals surface area contributed by atoms with Gasteiger partial charge in [-0.1, -0.05) is 32.1 Å². The molecule has 1 aliphatic rings. The molecule has 25 heavy (non-hydrogen) atoms. The Morgan fingerprint density at radius 3 is 1.92 bits per heavy atom. The summed E-state index contributed by atoms with van der Waals surface area (Å²) in [5.74, 6) is 0.610. The van der Waals surface area contributed by atoms with Gasteiger partial charge in [-0.3, -0.25) is 0 Å². The minimum absolute atomic E-state index is 0.0170. The van der Waals surface area contributed by atoms with Gasteiger partial charge in [-0.15, -0.1) is 0 Å². The highest BCUT2D eigenvalue weighted by atomic mass is 16.5. The summed E-state index contributed by atoms with van der Waals surface area (Å²) in [6.07, 6.45) is 11.2. The van der Waals surface area contributed by atoms with Crippen LogP contribution < -0.4 is 27.7 Å². The highest BCUT2D eigenvalue weighted by molar-refractivity contribution is 5.82. The molecule has 1 saturated carbocycles. The van der Waals surface area contributed by atoms with Crippen LogP contribution in [-0.4, -0.2) is 18.0 Å². The number of aliphatic imine (C=N–C) groups is 2. The normalized spacial score (nSPS) is 16.6. The molecule has 138 valence electrons. The second-order valence-corrected chi connectivity index (χ2v) is 6.52. The van der Waals surface area contributed by atoms with Gasteiger partial charge in [0.15, 0.2) is 11.9 Å². The maximum Gasteiger partial charge on any atom is 0.191 e. The Balaban J connectivity index is 2.17. The topological polar surface area (TPSA) is 138 Å². The number of nitrogens with two attached hydrogens (primary N) is 4. The largest absolute Gasteiger partial charge is 0.488 e. The second-order valence-electron chi connectivity index (χ2n) is 6.52. The number of guanidine groups is 2. The van der Waals surface area contributed by atoms with E-state index in [1.54, 1.807) is 12.1 Å². The highest BCUT2D eigenvalue weighted by Gasteiger charge is 2.14. The Morgan fingerprint density at radius 1 is 0.800 bits per heavy atom. The van der Waals surface area contributed by atoms with E-state index in [0.717, 1.165) is 12.8 Å². The molecule has 8 N–H and O–H groups in total. The molecular weight excluding hydrogens is 316 g/mol. The Kier molecular flexibility index (Phi) is 7.37. The van der Waals surface area contributed by atoms with E-state index in [4.69, 9.17) is 27.7 Å². The molecule has 0 aromatic heterocycles. The summed E-state index contributed by atoms with van der Waals surface area (Å²) >= 11 is 0. The first-order valence-corrected chi connectivity index (χ1v) is 9.04. The van der Waals surface area contributed by atoms with Crippen LogP contribution in [0.4, 0.5) is 11.4 Å². The van der Waals surface area contributed by atoms with E-state index in [-0.39, 0.29) is 18.0 Å². The average molecular weight is 346 g/mol. The number of hydrogen-bond donors (Lipinski definition) is 4. The summed E-state index contributed by atoms with van der Waals surface area (Å²) < 4.78 is 6.25. The van der Waals surface area contributed by atoms with Crippen molar-refractivity contribution in [3.8, 4) is 5.75 Å². The number of hydrogen-bond acceptors (Lipinski definition) is 3. The van der Waals surface area contributed by atoms with E-state index in [2.05, 4.69) is 9.98 Å². The highest BCUT2D eigenvalue weighted by Crippen LogP contribution is 2.34. The summed E-state index contributed by atoms with van der Waals surface area (Å²) in [5.41, 5.74) is 23.1. The van der Waals surface area contributed by atoms with Gasteiger partial charge in [-0.2, -0.15) is 0 Å². The lowest BCUT2D eigenvalue weighted by Gasteiger charge is -2.21. The zero-order chi connectivity index (χ0) is 18.1. The molecule has 0 bridgehead atoms. The summed E-state index contributed by atoms with van der Waals surface area (Å²) in [6, 6.07) is 5.33. The van der Waals surface area contributed by atoms with Gasteiger partial charge in [-0.25, -0.2) is 9.98 Å². The van der Waals surface area contributed by atoms with Crippen molar-refractivity contribution < 1.29 is 4.74 Å². The van der Waals surface area contributed by atoms with Gasteiger partial charge in [0.1, 0.15) is 11.4 Å². The van der Waals surface area contributed by atoms with Crippen LogP contribution in [0.5, 0.6) is 5.75 Å². The van der Waals surface area contributed by atoms with Crippen LogP contribution in [0, 0.1) is 0 Å². The quantitative estimate of drug-likeness (QED) is 0.490. The summed E-state index contributed by atoms with van der Waals surface area (Å²) in [4.78, 5) is 8.20. The third kappa shape index (κ3) is 6.91. The standard InChI is InChI=1S/C18H30N6O/c19-17(20)23-13-10-11-16(15(12-13)24-18(21)22)25-14-8-6-4-2-1-3-5-7-9-14/h10-12,14H,1-9H2,(H4,19,20,23)(H4,21,22,24). The predicted molar refractivity (Wildman–Crippen MR) is 103 cm³/mol. The molecule has 1 aliphatic carbocycles. The number of ether oxygens (including phenoxy) is 1. The Morgan fingerprint density at radius 2 is 1.36 bits per heavy atom. The van der Waals surface area contributed by atoms with Crippen LogP contribution in [-0.2, 0) is 0 Å². The van der Waals surface area contributed by atoms with Gasteiger partial charge in [-0.05, 0) is 43.9 Å². The lowest BCUT2D eigenvalue weighted by molar-refractivity contribution is 0.171. The van der Waals surface area contributed by atoms with Crippen LogP contribution in [0.2, 0.25) is 0 Å². The van der Waals surface area contributed by atoms with Crippen molar-refractivity contribution in [3.63, 3.8) is 0 Å². The maximum atomic E-state index is 6.25. The Bertz CT molecular complexity index is 596. The monoisotopic (exact) mass is 346 g/mol. The zero-order valence-corrected chi connectivity index (χ0v) is 14.8. The van der Waals surface area contributed by atoms with Gasteiger partial charge in [0, 0.05) is 0 Å². The van der Waals surface area contributed by atoms with E-state index in [1.807, 2.05) is 6.07 Å². The zero-order valence-electron chi connectivity index (χ0n) is 14.8. The van der Waals surface area contributed by atoms with Gasteiger partial charge in [0.25, 0.3) is 0 Å². The number of rotatable bonds is 4. The van der Waals surface area contributed by atoms with Crippen molar-refractivity contribution in [2.24, 2.45) is 32.9 Å². The van der Waals surface area contributed by atoms with Crippen LogP contribution in [0.15, 0.2) is 28.2 Å². The van der Waals surface area contributed by atoms with Crippen molar-refractivity contribution in [3.05, 3.63) is 18.2 Å². The molecule has 1 fully saturated rings. The van der Waals surface area contributed by atoms with Crippen molar-refractivity contribution in [1.82, 2.24) is 0 Å². The first kappa shape index (κ1) is 18.9. The first-order valence-electron chi connectivity index (χ1n) is 9.04. The smallest absolute Gasteiger partial charge is 0.191 e. The summed E-state index contributed by atoms with van der Waals surface area (Å²) in [5, 5.41) is 0. The lowest BCUT2D eigenvalue weighted by Crippen LogP contribution is -2.22. The molecule has 7 heteroatoms. The molecule has 0 aliphatic heterocycles. The third-order valence-electron chi connectivity index (χ3n) is 4.30. The van der Waals surface area contributed by atoms with Gasteiger partial charge in [0.05, 0.1) is 11.8 Å². The Hall–Kier alpha value is -2.44. The molecular formula is C18H30N6O. The van der Waals surface area contributed by atoms with E-state index < -0.39 is 0 Å². The summed E-state index contributed by atoms with van der Waals surface area (Å²) in [7, 11) is 0. The molecule has 0 heterocycles. The molecule has 2 rings (SSSR count). The summed E-state index contributed by atoms with van der Waals surface area (Å²) in [6.45, 7) is 0. The molecule has 0 atom stereocenters.